The van der Waals surface area contributed by atoms with E-state index in [1.54, 1.807) is 0 Å². The molecule has 0 saturated heterocycles. The van der Waals surface area contributed by atoms with Crippen molar-refractivity contribution in [2.45, 2.75) is 31.3 Å². The Balaban J connectivity index is 4.80. The Hall–Kier alpha value is -3.42. The van der Waals surface area contributed by atoms with Crippen molar-refractivity contribution >= 4 is 35.6 Å². The lowest BCUT2D eigenvalue weighted by atomic mass is 10.1. The van der Waals surface area contributed by atoms with Gasteiger partial charge in [0.25, 0.3) is 0 Å². The van der Waals surface area contributed by atoms with Crippen LogP contribution in [0.1, 0.15) is 19.3 Å². The Morgan fingerprint density at radius 1 is 0.929 bits per heavy atom. The van der Waals surface area contributed by atoms with Crippen LogP contribution in [0.15, 0.2) is 4.99 Å². The minimum atomic E-state index is -1.37. The Morgan fingerprint density at radius 2 is 1.57 bits per heavy atom. The van der Waals surface area contributed by atoms with E-state index in [0.29, 0.717) is 0 Å². The van der Waals surface area contributed by atoms with E-state index >= 15 is 0 Å². The van der Waals surface area contributed by atoms with E-state index in [-0.39, 0.29) is 25.3 Å². The maximum Gasteiger partial charge on any atom is 0.322 e. The molecule has 0 heterocycles. The summed E-state index contributed by atoms with van der Waals surface area (Å²) in [4.78, 5) is 60.4. The van der Waals surface area contributed by atoms with Gasteiger partial charge in [-0.05, 0) is 12.8 Å². The van der Waals surface area contributed by atoms with Crippen molar-refractivity contribution < 1.29 is 34.2 Å². The third-order valence-corrected chi connectivity index (χ3v) is 3.17. The van der Waals surface area contributed by atoms with Crippen LogP contribution in [0.2, 0.25) is 0 Å². The van der Waals surface area contributed by atoms with Crippen molar-refractivity contribution in [3.8, 4) is 0 Å². The molecule has 3 amide bonds. The van der Waals surface area contributed by atoms with Crippen molar-refractivity contribution in [1.82, 2.24) is 16.0 Å². The molecule has 0 aromatic carbocycles. The van der Waals surface area contributed by atoms with Crippen LogP contribution in [0.3, 0.4) is 0 Å². The van der Waals surface area contributed by atoms with Gasteiger partial charge in [-0.25, -0.2) is 0 Å². The third kappa shape index (κ3) is 12.0. The fraction of sp³-hybridized carbons (Fsp3) is 0.571. The highest BCUT2D eigenvalue weighted by atomic mass is 16.4. The highest BCUT2D eigenvalue weighted by molar-refractivity contribution is 5.93. The van der Waals surface area contributed by atoms with Gasteiger partial charge in [0.1, 0.15) is 12.6 Å². The zero-order valence-electron chi connectivity index (χ0n) is 15.0. The fourth-order valence-corrected chi connectivity index (χ4v) is 1.86. The quantitative estimate of drug-likeness (QED) is 0.0832. The molecule has 0 spiro atoms. The molecular weight excluding hydrogens is 378 g/mol. The smallest absolute Gasteiger partial charge is 0.322 e. The number of amides is 3. The molecule has 2 atom stereocenters. The molecule has 0 saturated carbocycles. The van der Waals surface area contributed by atoms with Crippen LogP contribution in [-0.4, -0.2) is 77.6 Å². The number of hydrogen-bond acceptors (Lipinski definition) is 7. The number of guanidine groups is 1. The molecule has 0 fully saturated rings. The maximum absolute atomic E-state index is 12.2. The molecule has 14 nitrogen and oxygen atoms in total. The van der Waals surface area contributed by atoms with Crippen LogP contribution in [0.25, 0.3) is 0 Å². The van der Waals surface area contributed by atoms with Gasteiger partial charge in [0.2, 0.25) is 17.7 Å². The number of hydrogen-bond donors (Lipinski definition) is 8. The second kappa shape index (κ2) is 12.9. The summed E-state index contributed by atoms with van der Waals surface area (Å²) in [6.45, 7) is -0.965. The first-order chi connectivity index (χ1) is 13.0. The number of carbonyl (C=O) groups is 5. The topological polar surface area (TPSA) is 252 Å². The molecular formula is C14H25N7O7. The number of rotatable bonds is 13. The van der Waals surface area contributed by atoms with E-state index in [1.165, 1.54) is 0 Å². The number of aliphatic imine (C=N–C) groups is 1. The van der Waals surface area contributed by atoms with E-state index < -0.39 is 61.3 Å². The number of nitrogens with one attached hydrogen (secondary N) is 3. The molecule has 0 unspecified atom stereocenters. The van der Waals surface area contributed by atoms with E-state index in [0.717, 1.165) is 0 Å². The highest BCUT2D eigenvalue weighted by Crippen LogP contribution is 2.00. The van der Waals surface area contributed by atoms with Crippen LogP contribution < -0.4 is 33.2 Å². The maximum atomic E-state index is 12.2. The average Bonchev–Trinajstić information content (AvgIpc) is 2.59. The number of aliphatic carboxylic acids is 2. The molecule has 0 rings (SSSR count). The van der Waals surface area contributed by atoms with E-state index in [4.69, 9.17) is 27.4 Å². The van der Waals surface area contributed by atoms with E-state index in [2.05, 4.69) is 20.9 Å². The molecule has 0 aromatic heterocycles. The second-order valence-corrected chi connectivity index (χ2v) is 5.60. The molecule has 11 N–H and O–H groups in total. The van der Waals surface area contributed by atoms with Gasteiger partial charge in [-0.15, -0.1) is 0 Å². The molecule has 14 heteroatoms. The van der Waals surface area contributed by atoms with Gasteiger partial charge in [-0.3, -0.25) is 29.0 Å². The van der Waals surface area contributed by atoms with Gasteiger partial charge < -0.3 is 43.4 Å². The highest BCUT2D eigenvalue weighted by Gasteiger charge is 2.25. The number of nitrogens with two attached hydrogens (primary N) is 3. The lowest BCUT2D eigenvalue weighted by molar-refractivity contribution is -0.139. The minimum Gasteiger partial charge on any atom is -0.481 e. The Bertz CT molecular complexity index is 619. The van der Waals surface area contributed by atoms with Gasteiger partial charge in [-0.1, -0.05) is 0 Å². The summed E-state index contributed by atoms with van der Waals surface area (Å²) in [5.41, 5.74) is 15.8. The van der Waals surface area contributed by atoms with Crippen molar-refractivity contribution in [1.29, 1.82) is 0 Å². The van der Waals surface area contributed by atoms with Gasteiger partial charge in [0.15, 0.2) is 5.96 Å². The molecule has 0 aliphatic carbocycles. The summed E-state index contributed by atoms with van der Waals surface area (Å²) >= 11 is 0. The first-order valence-electron chi connectivity index (χ1n) is 8.12. The number of carbonyl (C=O) groups excluding carboxylic acids is 3. The van der Waals surface area contributed by atoms with Gasteiger partial charge in [-0.2, -0.15) is 0 Å². The lowest BCUT2D eigenvalue weighted by Crippen LogP contribution is -2.53. The molecule has 0 bridgehead atoms. The van der Waals surface area contributed by atoms with Crippen LogP contribution >= 0.6 is 0 Å². The van der Waals surface area contributed by atoms with Crippen LogP contribution in [0.4, 0.5) is 0 Å². The Morgan fingerprint density at radius 3 is 2.11 bits per heavy atom. The van der Waals surface area contributed by atoms with Crippen LogP contribution in [0.5, 0.6) is 0 Å². The van der Waals surface area contributed by atoms with Gasteiger partial charge in [0, 0.05) is 6.54 Å². The molecule has 0 aliphatic heterocycles. The molecule has 0 aliphatic rings. The van der Waals surface area contributed by atoms with E-state index in [1.807, 2.05) is 0 Å². The monoisotopic (exact) mass is 403 g/mol. The Kier molecular flexibility index (Phi) is 11.3. The molecule has 28 heavy (non-hydrogen) atoms. The number of carboxylic acid groups (broad SMARTS) is 2. The number of nitrogens with zero attached hydrogens (tertiary/aromatic N) is 1. The summed E-state index contributed by atoms with van der Waals surface area (Å²) in [6.07, 6.45) is -0.272. The lowest BCUT2D eigenvalue weighted by Gasteiger charge is -2.20. The minimum absolute atomic E-state index is 0.0743. The zero-order valence-corrected chi connectivity index (χ0v) is 15.0. The normalized spacial score (nSPS) is 12.2. The second-order valence-electron chi connectivity index (χ2n) is 5.60. The summed E-state index contributed by atoms with van der Waals surface area (Å²) in [6, 6.07) is -2.50. The van der Waals surface area contributed by atoms with E-state index in [9.17, 15) is 24.0 Å². The zero-order chi connectivity index (χ0) is 21.7. The fourth-order valence-electron chi connectivity index (χ4n) is 1.86. The Labute approximate surface area is 159 Å². The number of carboxylic acids is 2. The van der Waals surface area contributed by atoms with Crippen molar-refractivity contribution in [2.75, 3.05) is 19.6 Å². The molecule has 0 radical (unpaired) electrons. The first-order valence-corrected chi connectivity index (χ1v) is 8.12. The summed E-state index contributed by atoms with van der Waals surface area (Å²) in [5, 5.41) is 23.7. The van der Waals surface area contributed by atoms with Crippen LogP contribution in [0, 0.1) is 0 Å². The predicted molar refractivity (Wildman–Crippen MR) is 95.7 cm³/mol. The van der Waals surface area contributed by atoms with Gasteiger partial charge >= 0.3 is 11.9 Å². The van der Waals surface area contributed by atoms with Crippen molar-refractivity contribution in [3.63, 3.8) is 0 Å². The third-order valence-electron chi connectivity index (χ3n) is 3.17. The predicted octanol–water partition coefficient (Wildman–Crippen LogP) is -4.36. The van der Waals surface area contributed by atoms with Crippen molar-refractivity contribution in [3.05, 3.63) is 0 Å². The molecule has 0 aromatic rings. The van der Waals surface area contributed by atoms with Crippen molar-refractivity contribution in [2.24, 2.45) is 22.2 Å². The van der Waals surface area contributed by atoms with Crippen LogP contribution in [-0.2, 0) is 24.0 Å². The summed E-state index contributed by atoms with van der Waals surface area (Å²) < 4.78 is 0. The largest absolute Gasteiger partial charge is 0.481 e. The average molecular weight is 403 g/mol. The summed E-state index contributed by atoms with van der Waals surface area (Å²) in [7, 11) is 0. The summed E-state index contributed by atoms with van der Waals surface area (Å²) in [5.74, 6) is -5.04. The standard InChI is InChI=1S/C14H25N7O7/c15-7(4-10(23)24)12(27)21-8(2-1-3-18-14(16)17)13(28)20-5-9(22)19-6-11(25)26/h7-8H,1-6,15H2,(H,19,22)(H,20,28)(H,21,27)(H,23,24)(H,25,26)(H4,16,17,18)/t7-,8-/m0/s1. The molecule has 158 valence electrons. The van der Waals surface area contributed by atoms with Gasteiger partial charge in [0.05, 0.1) is 19.0 Å². The SMILES string of the molecule is NC(N)=NCCC[C@H](NC(=O)[C@@H](N)CC(=O)O)C(=O)NCC(=O)NCC(=O)O. The first kappa shape index (κ1) is 24.6.